The summed E-state index contributed by atoms with van der Waals surface area (Å²) < 4.78 is 8.04. The molecule has 0 aliphatic heterocycles. The number of carbonyl (C=O) groups excluding carboxylic acids is 1. The van der Waals surface area contributed by atoms with Gasteiger partial charge in [0, 0.05) is 29.6 Å². The molecule has 0 unspecified atom stereocenters. The number of carbonyl (C=O) groups is 2. The molecular weight excluding hydrogens is 524 g/mol. The summed E-state index contributed by atoms with van der Waals surface area (Å²) in [5, 5.41) is 12.9. The summed E-state index contributed by atoms with van der Waals surface area (Å²) in [6.45, 7) is 2.29. The zero-order valence-electron chi connectivity index (χ0n) is 23.6. The van der Waals surface area contributed by atoms with Crippen LogP contribution in [0, 0.1) is 0 Å². The number of benzene rings is 4. The Hall–Kier alpha value is -5.10. The predicted molar refractivity (Wildman–Crippen MR) is 168 cm³/mol. The maximum Gasteiger partial charge on any atom is 0.303 e. The normalized spacial score (nSPS) is 11.5. The predicted octanol–water partition coefficient (Wildman–Crippen LogP) is 7.95. The van der Waals surface area contributed by atoms with E-state index < -0.39 is 5.97 Å². The number of aromatic nitrogens is 1. The second-order valence-electron chi connectivity index (χ2n) is 10.1. The van der Waals surface area contributed by atoms with Gasteiger partial charge in [-0.25, -0.2) is 0 Å². The van der Waals surface area contributed by atoms with E-state index in [2.05, 4.69) is 88.9 Å². The fraction of sp³-hybridized carbons (Fsp3) is 0.167. The molecule has 0 saturated carbocycles. The lowest BCUT2D eigenvalue weighted by Crippen LogP contribution is -2.11. The van der Waals surface area contributed by atoms with Gasteiger partial charge in [-0.3, -0.25) is 9.59 Å². The fourth-order valence-electron chi connectivity index (χ4n) is 5.19. The van der Waals surface area contributed by atoms with Crippen molar-refractivity contribution in [1.82, 2.24) is 4.57 Å². The maximum atomic E-state index is 13.1. The number of allylic oxidation sites excluding steroid dienone is 1. The van der Waals surface area contributed by atoms with Gasteiger partial charge in [0.25, 0.3) is 0 Å². The molecule has 212 valence electrons. The molecule has 5 aromatic rings. The van der Waals surface area contributed by atoms with Gasteiger partial charge in [0.2, 0.25) is 5.91 Å². The van der Waals surface area contributed by atoms with Gasteiger partial charge in [-0.15, -0.1) is 0 Å². The highest BCUT2D eigenvalue weighted by molar-refractivity contribution is 6.05. The Morgan fingerprint density at radius 2 is 1.55 bits per heavy atom. The van der Waals surface area contributed by atoms with Crippen LogP contribution in [0.2, 0.25) is 0 Å². The third kappa shape index (κ3) is 6.78. The first-order chi connectivity index (χ1) is 20.5. The summed E-state index contributed by atoms with van der Waals surface area (Å²) in [5.74, 6) is -0.601. The van der Waals surface area contributed by atoms with E-state index in [0.717, 1.165) is 22.0 Å². The summed E-state index contributed by atoms with van der Waals surface area (Å²) in [7, 11) is 0. The molecule has 0 saturated heterocycles. The standard InChI is InChI=1S/C36H34N2O4/c1-2-26(25-34(39)37-31-16-9-10-17-33(31)42-23-11-18-35(40)41)29-19-20-32-30(24-29)21-22-38(32)36(27-12-5-3-6-13-27)28-14-7-4-8-15-28/h3-10,12-17,19-22,24-25,36H,2,11,18,23H2,1H3,(H,37,39)(H,40,41)/b26-25-. The number of ether oxygens (including phenoxy) is 1. The van der Waals surface area contributed by atoms with Gasteiger partial charge in [0.15, 0.2) is 0 Å². The minimum absolute atomic E-state index is 0.0318. The lowest BCUT2D eigenvalue weighted by molar-refractivity contribution is -0.137. The molecule has 5 rings (SSSR count). The van der Waals surface area contributed by atoms with Gasteiger partial charge in [-0.05, 0) is 65.4 Å². The third-order valence-corrected chi connectivity index (χ3v) is 7.22. The van der Waals surface area contributed by atoms with Crippen LogP contribution in [0.25, 0.3) is 16.5 Å². The molecule has 0 bridgehead atoms. The second-order valence-corrected chi connectivity index (χ2v) is 10.1. The number of nitrogens with one attached hydrogen (secondary N) is 1. The average Bonchev–Trinajstić information content (AvgIpc) is 3.43. The highest BCUT2D eigenvalue weighted by Gasteiger charge is 2.18. The van der Waals surface area contributed by atoms with E-state index in [0.29, 0.717) is 24.3 Å². The number of rotatable bonds is 12. The van der Waals surface area contributed by atoms with Crippen LogP contribution in [0.5, 0.6) is 5.75 Å². The minimum atomic E-state index is -0.862. The number of fused-ring (bicyclic) bond motifs is 1. The summed E-state index contributed by atoms with van der Waals surface area (Å²) in [6.07, 6.45) is 4.87. The van der Waals surface area contributed by atoms with Crippen LogP contribution < -0.4 is 10.1 Å². The minimum Gasteiger partial charge on any atom is -0.491 e. The quantitative estimate of drug-likeness (QED) is 0.120. The molecule has 0 radical (unpaired) electrons. The Kier molecular flexibility index (Phi) is 9.14. The molecule has 1 heterocycles. The van der Waals surface area contributed by atoms with Crippen molar-refractivity contribution in [1.29, 1.82) is 0 Å². The number of hydrogen-bond donors (Lipinski definition) is 2. The Balaban J connectivity index is 1.38. The number of carboxylic acid groups (broad SMARTS) is 1. The van der Waals surface area contributed by atoms with Crippen LogP contribution in [0.4, 0.5) is 5.69 Å². The SMILES string of the molecule is CC/C(=C/C(=O)Nc1ccccc1OCCCC(=O)O)c1ccc2c(ccn2C(c2ccccc2)c2ccccc2)c1. The van der Waals surface area contributed by atoms with Gasteiger partial charge in [-0.1, -0.05) is 85.8 Å². The van der Waals surface area contributed by atoms with Crippen molar-refractivity contribution >= 4 is 34.0 Å². The molecule has 6 heteroatoms. The second kappa shape index (κ2) is 13.5. The topological polar surface area (TPSA) is 80.6 Å². The zero-order valence-corrected chi connectivity index (χ0v) is 23.6. The van der Waals surface area contributed by atoms with Crippen LogP contribution in [0.3, 0.4) is 0 Å². The highest BCUT2D eigenvalue weighted by Crippen LogP contribution is 2.32. The number of carboxylic acids is 1. The molecular formula is C36H34N2O4. The van der Waals surface area contributed by atoms with Gasteiger partial charge in [0.1, 0.15) is 5.75 Å². The smallest absolute Gasteiger partial charge is 0.303 e. The Bertz CT molecular complexity index is 1650. The van der Waals surface area contributed by atoms with Crippen LogP contribution >= 0.6 is 0 Å². The van der Waals surface area contributed by atoms with Gasteiger partial charge < -0.3 is 19.7 Å². The van der Waals surface area contributed by atoms with Gasteiger partial charge >= 0.3 is 5.97 Å². The number of amides is 1. The third-order valence-electron chi connectivity index (χ3n) is 7.22. The van der Waals surface area contributed by atoms with Crippen molar-refractivity contribution in [3.63, 3.8) is 0 Å². The highest BCUT2D eigenvalue weighted by atomic mass is 16.5. The summed E-state index contributed by atoms with van der Waals surface area (Å²) in [6, 6.07) is 36.7. The van der Waals surface area contributed by atoms with E-state index in [4.69, 9.17) is 9.84 Å². The summed E-state index contributed by atoms with van der Waals surface area (Å²) >= 11 is 0. The molecule has 1 amide bonds. The van der Waals surface area contributed by atoms with Crippen LogP contribution in [0.15, 0.2) is 121 Å². The molecule has 4 aromatic carbocycles. The number of aliphatic carboxylic acids is 1. The van der Waals surface area contributed by atoms with E-state index in [1.807, 2.05) is 31.2 Å². The zero-order chi connectivity index (χ0) is 29.3. The average molecular weight is 559 g/mol. The van der Waals surface area contributed by atoms with Gasteiger partial charge in [0.05, 0.1) is 18.3 Å². The fourth-order valence-corrected chi connectivity index (χ4v) is 5.19. The monoisotopic (exact) mass is 558 g/mol. The molecule has 0 aliphatic rings. The number of anilines is 1. The Labute approximate surface area is 245 Å². The van der Waals surface area contributed by atoms with E-state index in [1.165, 1.54) is 11.1 Å². The van der Waals surface area contributed by atoms with E-state index in [1.54, 1.807) is 18.2 Å². The van der Waals surface area contributed by atoms with E-state index in [-0.39, 0.29) is 25.0 Å². The van der Waals surface area contributed by atoms with Crippen molar-refractivity contribution in [3.05, 3.63) is 138 Å². The van der Waals surface area contributed by atoms with Gasteiger partial charge in [-0.2, -0.15) is 0 Å². The maximum absolute atomic E-state index is 13.1. The first kappa shape index (κ1) is 28.4. The van der Waals surface area contributed by atoms with Crippen molar-refractivity contribution in [3.8, 4) is 5.75 Å². The number of hydrogen-bond acceptors (Lipinski definition) is 3. The largest absolute Gasteiger partial charge is 0.491 e. The lowest BCUT2D eigenvalue weighted by Gasteiger charge is -2.21. The first-order valence-corrected chi connectivity index (χ1v) is 14.2. The summed E-state index contributed by atoms with van der Waals surface area (Å²) in [5.41, 5.74) is 6.00. The molecule has 0 spiro atoms. The van der Waals surface area contributed by atoms with Crippen LogP contribution in [0.1, 0.15) is 48.9 Å². The molecule has 6 nitrogen and oxygen atoms in total. The summed E-state index contributed by atoms with van der Waals surface area (Å²) in [4.78, 5) is 23.8. The van der Waals surface area contributed by atoms with E-state index >= 15 is 0 Å². The van der Waals surface area contributed by atoms with Crippen molar-refractivity contribution in [2.75, 3.05) is 11.9 Å². The molecule has 1 aromatic heterocycles. The molecule has 42 heavy (non-hydrogen) atoms. The molecule has 0 aliphatic carbocycles. The Morgan fingerprint density at radius 3 is 2.21 bits per heavy atom. The van der Waals surface area contributed by atoms with E-state index in [9.17, 15) is 9.59 Å². The van der Waals surface area contributed by atoms with Crippen molar-refractivity contribution in [2.24, 2.45) is 0 Å². The molecule has 2 N–H and O–H groups in total. The molecule has 0 fully saturated rings. The lowest BCUT2D eigenvalue weighted by atomic mass is 9.98. The number of para-hydroxylation sites is 2. The van der Waals surface area contributed by atoms with Crippen molar-refractivity contribution < 1.29 is 19.4 Å². The number of nitrogens with zero attached hydrogens (tertiary/aromatic N) is 1. The van der Waals surface area contributed by atoms with Crippen molar-refractivity contribution in [2.45, 2.75) is 32.2 Å². The first-order valence-electron chi connectivity index (χ1n) is 14.2. The molecule has 0 atom stereocenters. The Morgan fingerprint density at radius 1 is 0.881 bits per heavy atom. The van der Waals surface area contributed by atoms with Crippen LogP contribution in [-0.2, 0) is 9.59 Å². The van der Waals surface area contributed by atoms with Crippen LogP contribution in [-0.4, -0.2) is 28.2 Å².